The molecule has 0 bridgehead atoms. The number of ether oxygens (including phenoxy) is 1. The van der Waals surface area contributed by atoms with Gasteiger partial charge in [0.05, 0.1) is 12.7 Å². The van der Waals surface area contributed by atoms with Crippen LogP contribution in [-0.2, 0) is 6.54 Å². The number of benzene rings is 3. The molecule has 0 amide bonds. The molecular weight excluding hydrogens is 302 g/mol. The molecular formula is C20H19NO3. The molecule has 0 aliphatic heterocycles. The van der Waals surface area contributed by atoms with Crippen LogP contribution in [0.15, 0.2) is 54.6 Å². The van der Waals surface area contributed by atoms with E-state index in [4.69, 9.17) is 4.74 Å². The Kier molecular flexibility index (Phi) is 4.38. The van der Waals surface area contributed by atoms with E-state index in [1.807, 2.05) is 37.3 Å². The van der Waals surface area contributed by atoms with Crippen molar-refractivity contribution < 1.29 is 14.6 Å². The van der Waals surface area contributed by atoms with Crippen LogP contribution in [0.25, 0.3) is 10.8 Å². The summed E-state index contributed by atoms with van der Waals surface area (Å²) >= 11 is 0. The minimum absolute atomic E-state index is 0.310. The first kappa shape index (κ1) is 15.9. The number of rotatable bonds is 5. The number of carboxylic acid groups (broad SMARTS) is 1. The summed E-state index contributed by atoms with van der Waals surface area (Å²) in [6.45, 7) is 2.36. The summed E-state index contributed by atoms with van der Waals surface area (Å²) in [6, 6.07) is 17.4. The zero-order chi connectivity index (χ0) is 17.1. The van der Waals surface area contributed by atoms with Gasteiger partial charge in [0.15, 0.2) is 0 Å². The predicted molar refractivity (Wildman–Crippen MR) is 96.0 cm³/mol. The van der Waals surface area contributed by atoms with Gasteiger partial charge in [0.2, 0.25) is 0 Å². The third-order valence-electron chi connectivity index (χ3n) is 4.24. The summed E-state index contributed by atoms with van der Waals surface area (Å²) in [7, 11) is 1.66. The summed E-state index contributed by atoms with van der Waals surface area (Å²) in [5.74, 6) is -0.105. The second-order valence-corrected chi connectivity index (χ2v) is 5.60. The van der Waals surface area contributed by atoms with Crippen molar-refractivity contribution in [2.75, 3.05) is 12.4 Å². The zero-order valence-corrected chi connectivity index (χ0v) is 13.7. The number of hydrogen-bond acceptors (Lipinski definition) is 3. The van der Waals surface area contributed by atoms with Crippen LogP contribution in [0, 0.1) is 6.92 Å². The van der Waals surface area contributed by atoms with E-state index in [-0.39, 0.29) is 0 Å². The van der Waals surface area contributed by atoms with Crippen LogP contribution in [0.2, 0.25) is 0 Å². The summed E-state index contributed by atoms with van der Waals surface area (Å²) in [5, 5.41) is 14.9. The lowest BCUT2D eigenvalue weighted by Gasteiger charge is -2.15. The van der Waals surface area contributed by atoms with Gasteiger partial charge in [0.25, 0.3) is 0 Å². The number of hydrogen-bond donors (Lipinski definition) is 2. The molecule has 122 valence electrons. The molecule has 0 aliphatic carbocycles. The Labute approximate surface area is 140 Å². The van der Waals surface area contributed by atoms with E-state index in [2.05, 4.69) is 17.4 Å². The largest absolute Gasteiger partial charge is 0.496 e. The molecule has 0 spiro atoms. The highest BCUT2D eigenvalue weighted by atomic mass is 16.5. The monoisotopic (exact) mass is 321 g/mol. The lowest BCUT2D eigenvalue weighted by molar-refractivity contribution is 0.0696. The van der Waals surface area contributed by atoms with E-state index in [0.29, 0.717) is 12.1 Å². The van der Waals surface area contributed by atoms with Crippen LogP contribution in [-0.4, -0.2) is 18.2 Å². The minimum atomic E-state index is -0.918. The summed E-state index contributed by atoms with van der Waals surface area (Å²) in [4.78, 5) is 11.3. The van der Waals surface area contributed by atoms with E-state index in [1.165, 1.54) is 0 Å². The fraction of sp³-hybridized carbons (Fsp3) is 0.150. The van der Waals surface area contributed by atoms with Gasteiger partial charge in [-0.2, -0.15) is 0 Å². The lowest BCUT2D eigenvalue weighted by atomic mass is 10.0. The lowest BCUT2D eigenvalue weighted by Crippen LogP contribution is -2.07. The third-order valence-corrected chi connectivity index (χ3v) is 4.24. The number of carboxylic acids is 1. The Morgan fingerprint density at radius 2 is 1.88 bits per heavy atom. The number of fused-ring (bicyclic) bond motifs is 1. The van der Waals surface area contributed by atoms with Crippen LogP contribution < -0.4 is 10.1 Å². The highest BCUT2D eigenvalue weighted by molar-refractivity contribution is 5.91. The Balaban J connectivity index is 1.97. The second kappa shape index (κ2) is 6.62. The van der Waals surface area contributed by atoms with Crippen molar-refractivity contribution in [1.82, 2.24) is 0 Å². The zero-order valence-electron chi connectivity index (χ0n) is 13.7. The molecule has 0 saturated heterocycles. The highest BCUT2D eigenvalue weighted by Gasteiger charge is 2.12. The van der Waals surface area contributed by atoms with Crippen molar-refractivity contribution >= 4 is 22.4 Å². The Hall–Kier alpha value is -3.01. The van der Waals surface area contributed by atoms with Crippen molar-refractivity contribution in [3.8, 4) is 5.75 Å². The highest BCUT2D eigenvalue weighted by Crippen LogP contribution is 2.29. The quantitative estimate of drug-likeness (QED) is 0.728. The van der Waals surface area contributed by atoms with Crippen molar-refractivity contribution in [2.24, 2.45) is 0 Å². The maximum atomic E-state index is 11.3. The molecule has 3 aromatic rings. The molecule has 2 N–H and O–H groups in total. The average molecular weight is 321 g/mol. The normalized spacial score (nSPS) is 10.6. The molecule has 0 unspecified atom stereocenters. The molecule has 24 heavy (non-hydrogen) atoms. The molecule has 0 fully saturated rings. The molecule has 0 aliphatic rings. The summed E-state index contributed by atoms with van der Waals surface area (Å²) in [5.41, 5.74) is 2.90. The molecule has 0 radical (unpaired) electrons. The van der Waals surface area contributed by atoms with Crippen LogP contribution in [0.1, 0.15) is 21.5 Å². The van der Waals surface area contributed by atoms with Gasteiger partial charge in [-0.05, 0) is 41.5 Å². The summed E-state index contributed by atoms with van der Waals surface area (Å²) < 4.78 is 5.50. The van der Waals surface area contributed by atoms with E-state index in [9.17, 15) is 9.90 Å². The number of carbonyl (C=O) groups is 1. The number of methoxy groups -OCH3 is 1. The number of nitrogens with one attached hydrogen (secondary N) is 1. The third kappa shape index (κ3) is 2.91. The van der Waals surface area contributed by atoms with Gasteiger partial charge in [0, 0.05) is 17.8 Å². The van der Waals surface area contributed by atoms with Crippen molar-refractivity contribution in [1.29, 1.82) is 0 Å². The Morgan fingerprint density at radius 3 is 2.62 bits per heavy atom. The van der Waals surface area contributed by atoms with Gasteiger partial charge >= 0.3 is 5.97 Å². The Bertz CT molecular complexity index is 903. The van der Waals surface area contributed by atoms with Gasteiger partial charge < -0.3 is 15.2 Å². The van der Waals surface area contributed by atoms with Crippen LogP contribution in [0.3, 0.4) is 0 Å². The fourth-order valence-corrected chi connectivity index (χ4v) is 2.93. The van der Waals surface area contributed by atoms with Gasteiger partial charge in [-0.3, -0.25) is 0 Å². The van der Waals surface area contributed by atoms with Gasteiger partial charge in [-0.1, -0.05) is 36.4 Å². The van der Waals surface area contributed by atoms with Gasteiger partial charge in [-0.15, -0.1) is 0 Å². The average Bonchev–Trinajstić information content (AvgIpc) is 2.60. The standard InChI is InChI=1S/C20H19NO3/c1-13-15(20(22)23)8-5-9-18(13)21-12-17-16-7-4-3-6-14(16)10-11-19(17)24-2/h3-11,21H,12H2,1-2H3,(H,22,23). The van der Waals surface area contributed by atoms with Gasteiger partial charge in [0.1, 0.15) is 5.75 Å². The first-order valence-corrected chi connectivity index (χ1v) is 7.73. The first-order chi connectivity index (χ1) is 11.6. The number of aromatic carboxylic acids is 1. The topological polar surface area (TPSA) is 58.6 Å². The van der Waals surface area contributed by atoms with Crippen molar-refractivity contribution in [3.05, 3.63) is 71.3 Å². The van der Waals surface area contributed by atoms with Crippen LogP contribution >= 0.6 is 0 Å². The maximum absolute atomic E-state index is 11.3. The van der Waals surface area contributed by atoms with Gasteiger partial charge in [-0.25, -0.2) is 4.79 Å². The van der Waals surface area contributed by atoms with E-state index in [0.717, 1.165) is 33.3 Å². The molecule has 3 aromatic carbocycles. The van der Waals surface area contributed by atoms with E-state index >= 15 is 0 Å². The summed E-state index contributed by atoms with van der Waals surface area (Å²) in [6.07, 6.45) is 0. The molecule has 0 heterocycles. The number of anilines is 1. The molecule has 4 heteroatoms. The molecule has 0 atom stereocenters. The maximum Gasteiger partial charge on any atom is 0.336 e. The first-order valence-electron chi connectivity index (χ1n) is 7.73. The SMILES string of the molecule is COc1ccc2ccccc2c1CNc1cccc(C(=O)O)c1C. The smallest absolute Gasteiger partial charge is 0.336 e. The molecule has 0 saturated carbocycles. The van der Waals surface area contributed by atoms with E-state index < -0.39 is 5.97 Å². The second-order valence-electron chi connectivity index (χ2n) is 5.60. The fourth-order valence-electron chi connectivity index (χ4n) is 2.93. The predicted octanol–water partition coefficient (Wildman–Crippen LogP) is 4.47. The Morgan fingerprint density at radius 1 is 1.08 bits per heavy atom. The van der Waals surface area contributed by atoms with Crippen LogP contribution in [0.4, 0.5) is 5.69 Å². The minimum Gasteiger partial charge on any atom is -0.496 e. The molecule has 3 rings (SSSR count). The van der Waals surface area contributed by atoms with E-state index in [1.54, 1.807) is 19.2 Å². The molecule has 4 nitrogen and oxygen atoms in total. The molecule has 0 aromatic heterocycles. The van der Waals surface area contributed by atoms with Crippen LogP contribution in [0.5, 0.6) is 5.75 Å². The van der Waals surface area contributed by atoms with Crippen molar-refractivity contribution in [3.63, 3.8) is 0 Å². The van der Waals surface area contributed by atoms with Crippen molar-refractivity contribution in [2.45, 2.75) is 13.5 Å².